The van der Waals surface area contributed by atoms with Crippen LogP contribution in [0.1, 0.15) is 38.2 Å². The van der Waals surface area contributed by atoms with Crippen molar-refractivity contribution in [2.24, 2.45) is 0 Å². The van der Waals surface area contributed by atoms with E-state index in [1.807, 2.05) is 39.8 Å². The highest BCUT2D eigenvalue weighted by Gasteiger charge is 2.26. The Morgan fingerprint density at radius 1 is 1.10 bits per heavy atom. The van der Waals surface area contributed by atoms with E-state index in [1.54, 1.807) is 18.2 Å². The molecule has 31 heavy (non-hydrogen) atoms. The van der Waals surface area contributed by atoms with Crippen LogP contribution in [0.2, 0.25) is 0 Å². The number of nitrogens with zero attached hydrogens (tertiary/aromatic N) is 4. The van der Waals surface area contributed by atoms with Crippen LogP contribution in [0.25, 0.3) is 11.4 Å². The zero-order valence-corrected chi connectivity index (χ0v) is 18.5. The number of halogens is 1. The molecule has 0 bridgehead atoms. The molecule has 1 amide bonds. The third-order valence-corrected chi connectivity index (χ3v) is 6.71. The molecular formula is C24H27FN4OS. The first kappa shape index (κ1) is 21.6. The first-order valence-electron chi connectivity index (χ1n) is 10.8. The maximum absolute atomic E-state index is 14.5. The van der Waals surface area contributed by atoms with Gasteiger partial charge in [-0.25, -0.2) is 4.39 Å². The summed E-state index contributed by atoms with van der Waals surface area (Å²) in [6, 6.07) is 16.9. The van der Waals surface area contributed by atoms with E-state index in [9.17, 15) is 9.18 Å². The molecule has 7 heteroatoms. The van der Waals surface area contributed by atoms with Gasteiger partial charge in [-0.05, 0) is 43.4 Å². The van der Waals surface area contributed by atoms with Crippen LogP contribution < -0.4 is 0 Å². The molecule has 1 aliphatic rings. The number of rotatable bonds is 7. The summed E-state index contributed by atoms with van der Waals surface area (Å²) in [6.07, 6.45) is 4.31. The van der Waals surface area contributed by atoms with Crippen LogP contribution in [0.3, 0.4) is 0 Å². The molecule has 1 aliphatic heterocycles. The monoisotopic (exact) mass is 438 g/mol. The normalized spacial score (nSPS) is 16.5. The van der Waals surface area contributed by atoms with E-state index in [0.717, 1.165) is 31.4 Å². The average Bonchev–Trinajstić information content (AvgIpc) is 3.20. The van der Waals surface area contributed by atoms with Crippen LogP contribution >= 0.6 is 11.8 Å². The molecule has 0 aliphatic carbocycles. The lowest BCUT2D eigenvalue weighted by molar-refractivity contribution is -0.132. The fraction of sp³-hybridized carbons (Fsp3) is 0.375. The van der Waals surface area contributed by atoms with Gasteiger partial charge in [0.25, 0.3) is 0 Å². The van der Waals surface area contributed by atoms with Crippen molar-refractivity contribution in [3.63, 3.8) is 0 Å². The quantitative estimate of drug-likeness (QED) is 0.486. The molecule has 3 aromatic rings. The van der Waals surface area contributed by atoms with Gasteiger partial charge in [0, 0.05) is 12.6 Å². The summed E-state index contributed by atoms with van der Waals surface area (Å²) in [6.45, 7) is 3.48. The van der Waals surface area contributed by atoms with Crippen LogP contribution in [0, 0.1) is 5.82 Å². The zero-order valence-electron chi connectivity index (χ0n) is 17.7. The molecule has 1 saturated heterocycles. The second kappa shape index (κ2) is 10.1. The Bertz CT molecular complexity index is 1020. The van der Waals surface area contributed by atoms with Gasteiger partial charge in [-0.15, -0.1) is 10.2 Å². The zero-order chi connectivity index (χ0) is 21.6. The Kier molecular flexibility index (Phi) is 7.02. The van der Waals surface area contributed by atoms with Crippen molar-refractivity contribution in [1.82, 2.24) is 19.7 Å². The second-order valence-electron chi connectivity index (χ2n) is 7.79. The SMILES string of the molecule is CCC1CCCCN1C(=O)CSc1nnc(-c2ccccc2F)n1Cc1ccccc1. The number of piperidine rings is 1. The maximum Gasteiger partial charge on any atom is 0.233 e. The molecule has 0 spiro atoms. The number of hydrogen-bond acceptors (Lipinski definition) is 4. The number of carbonyl (C=O) groups excluding carboxylic acids is 1. The summed E-state index contributed by atoms with van der Waals surface area (Å²) in [4.78, 5) is 14.9. The predicted molar refractivity (Wildman–Crippen MR) is 121 cm³/mol. The topological polar surface area (TPSA) is 51.0 Å². The summed E-state index contributed by atoms with van der Waals surface area (Å²) in [5, 5.41) is 9.24. The van der Waals surface area contributed by atoms with Gasteiger partial charge >= 0.3 is 0 Å². The highest BCUT2D eigenvalue weighted by molar-refractivity contribution is 7.99. The maximum atomic E-state index is 14.5. The van der Waals surface area contributed by atoms with Gasteiger partial charge in [0.1, 0.15) is 5.82 Å². The van der Waals surface area contributed by atoms with Gasteiger partial charge in [-0.2, -0.15) is 0 Å². The summed E-state index contributed by atoms with van der Waals surface area (Å²) < 4.78 is 16.4. The number of amides is 1. The number of carbonyl (C=O) groups is 1. The van der Waals surface area contributed by atoms with Gasteiger partial charge in [0.05, 0.1) is 17.9 Å². The lowest BCUT2D eigenvalue weighted by atomic mass is 10.0. The lowest BCUT2D eigenvalue weighted by Crippen LogP contribution is -2.44. The summed E-state index contributed by atoms with van der Waals surface area (Å²) in [7, 11) is 0. The fourth-order valence-electron chi connectivity index (χ4n) is 4.11. The molecule has 1 unspecified atom stereocenters. The molecule has 0 saturated carbocycles. The molecule has 1 aromatic heterocycles. The number of thioether (sulfide) groups is 1. The van der Waals surface area contributed by atoms with Crippen molar-refractivity contribution >= 4 is 17.7 Å². The second-order valence-corrected chi connectivity index (χ2v) is 8.73. The number of likely N-dealkylation sites (tertiary alicyclic amines) is 1. The molecule has 5 nitrogen and oxygen atoms in total. The van der Waals surface area contributed by atoms with Crippen LogP contribution in [-0.4, -0.2) is 43.9 Å². The first-order chi connectivity index (χ1) is 15.2. The minimum absolute atomic E-state index is 0.137. The lowest BCUT2D eigenvalue weighted by Gasteiger charge is -2.35. The number of aromatic nitrogens is 3. The van der Waals surface area contributed by atoms with Crippen molar-refractivity contribution in [3.05, 3.63) is 66.0 Å². The van der Waals surface area contributed by atoms with Crippen LogP contribution in [0.4, 0.5) is 4.39 Å². The number of benzene rings is 2. The van der Waals surface area contributed by atoms with E-state index in [0.29, 0.717) is 34.9 Å². The van der Waals surface area contributed by atoms with Crippen molar-refractivity contribution in [3.8, 4) is 11.4 Å². The summed E-state index contributed by atoms with van der Waals surface area (Å²) in [5.41, 5.74) is 1.47. The van der Waals surface area contributed by atoms with Gasteiger partial charge in [-0.1, -0.05) is 61.2 Å². The Balaban J connectivity index is 1.58. The fourth-order valence-corrected chi connectivity index (χ4v) is 4.93. The Hall–Kier alpha value is -2.67. The summed E-state index contributed by atoms with van der Waals surface area (Å²) in [5.74, 6) is 0.580. The smallest absolute Gasteiger partial charge is 0.233 e. The van der Waals surface area contributed by atoms with E-state index in [-0.39, 0.29) is 11.7 Å². The van der Waals surface area contributed by atoms with Crippen LogP contribution in [-0.2, 0) is 11.3 Å². The Morgan fingerprint density at radius 3 is 2.65 bits per heavy atom. The van der Waals surface area contributed by atoms with Crippen LogP contribution in [0.5, 0.6) is 0 Å². The molecule has 1 atom stereocenters. The number of hydrogen-bond donors (Lipinski definition) is 0. The van der Waals surface area contributed by atoms with Crippen molar-refractivity contribution in [2.75, 3.05) is 12.3 Å². The van der Waals surface area contributed by atoms with Gasteiger partial charge in [-0.3, -0.25) is 9.36 Å². The Morgan fingerprint density at radius 2 is 1.87 bits per heavy atom. The largest absolute Gasteiger partial charge is 0.339 e. The molecule has 0 N–H and O–H groups in total. The molecule has 1 fully saturated rings. The van der Waals surface area contributed by atoms with Crippen LogP contribution in [0.15, 0.2) is 59.8 Å². The highest BCUT2D eigenvalue weighted by Crippen LogP contribution is 2.28. The molecule has 2 heterocycles. The van der Waals surface area contributed by atoms with E-state index in [4.69, 9.17) is 0 Å². The minimum atomic E-state index is -0.337. The molecular weight excluding hydrogens is 411 g/mol. The van der Waals surface area contributed by atoms with Gasteiger partial charge in [0.15, 0.2) is 11.0 Å². The Labute approximate surface area is 186 Å². The van der Waals surface area contributed by atoms with E-state index in [1.165, 1.54) is 24.2 Å². The van der Waals surface area contributed by atoms with Crippen molar-refractivity contribution in [1.29, 1.82) is 0 Å². The third kappa shape index (κ3) is 4.98. The van der Waals surface area contributed by atoms with E-state index in [2.05, 4.69) is 17.1 Å². The van der Waals surface area contributed by atoms with Gasteiger partial charge < -0.3 is 4.90 Å². The summed E-state index contributed by atoms with van der Waals surface area (Å²) >= 11 is 1.38. The van der Waals surface area contributed by atoms with Gasteiger partial charge in [0.2, 0.25) is 5.91 Å². The third-order valence-electron chi connectivity index (χ3n) is 5.76. The van der Waals surface area contributed by atoms with Crippen molar-refractivity contribution in [2.45, 2.75) is 50.4 Å². The average molecular weight is 439 g/mol. The minimum Gasteiger partial charge on any atom is -0.339 e. The molecule has 162 valence electrons. The highest BCUT2D eigenvalue weighted by atomic mass is 32.2. The predicted octanol–water partition coefficient (Wildman–Crippen LogP) is 5.02. The van der Waals surface area contributed by atoms with E-state index < -0.39 is 0 Å². The van der Waals surface area contributed by atoms with Crippen molar-refractivity contribution < 1.29 is 9.18 Å². The standard InChI is InChI=1S/C24H27FN4OS/c1-2-19-12-8-9-15-28(19)22(30)17-31-24-27-26-23(20-13-6-7-14-21(20)25)29(24)16-18-10-4-3-5-11-18/h3-7,10-11,13-14,19H,2,8-9,12,15-17H2,1H3. The molecule has 0 radical (unpaired) electrons. The first-order valence-corrected chi connectivity index (χ1v) is 11.8. The molecule has 4 rings (SSSR count). The van der Waals surface area contributed by atoms with E-state index >= 15 is 0 Å². The molecule has 2 aromatic carbocycles.